The van der Waals surface area contributed by atoms with Crippen molar-refractivity contribution in [2.24, 2.45) is 34.0 Å². The van der Waals surface area contributed by atoms with E-state index in [1.807, 2.05) is 20.8 Å². The van der Waals surface area contributed by atoms with E-state index in [1.54, 1.807) is 5.57 Å². The predicted molar refractivity (Wildman–Crippen MR) is 106 cm³/mol. The first-order valence-corrected chi connectivity index (χ1v) is 10.7. The van der Waals surface area contributed by atoms with Crippen molar-refractivity contribution in [1.29, 1.82) is 0 Å². The average Bonchev–Trinajstić information content (AvgIpc) is 2.96. The number of rotatable bonds is 1. The van der Waals surface area contributed by atoms with E-state index in [1.165, 1.54) is 32.1 Å². The average molecular weight is 357 g/mol. The summed E-state index contributed by atoms with van der Waals surface area (Å²) in [5.74, 6) is 2.45. The number of esters is 1. The van der Waals surface area contributed by atoms with Crippen LogP contribution in [0, 0.1) is 34.0 Å². The van der Waals surface area contributed by atoms with Gasteiger partial charge in [0, 0.05) is 6.42 Å². The Kier molecular flexibility index (Phi) is 4.21. The van der Waals surface area contributed by atoms with Gasteiger partial charge in [-0.25, -0.2) is 0 Å². The molecule has 144 valence electrons. The van der Waals surface area contributed by atoms with Gasteiger partial charge in [0.15, 0.2) is 0 Å². The van der Waals surface area contributed by atoms with Gasteiger partial charge in [0.25, 0.3) is 0 Å². The van der Waals surface area contributed by atoms with Crippen molar-refractivity contribution in [2.45, 2.75) is 85.7 Å². The van der Waals surface area contributed by atoms with Gasteiger partial charge in [-0.05, 0) is 87.9 Å². The molecule has 6 atom stereocenters. The SMILES string of the molecule is CC(C)(C)C(=O)OC1CCC2(C)C(=CCC3C4CC=CC4(C)CCC32)C1. The molecule has 6 unspecified atom stereocenters. The summed E-state index contributed by atoms with van der Waals surface area (Å²) in [5.41, 5.74) is 1.96. The lowest BCUT2D eigenvalue weighted by atomic mass is 9.48. The lowest BCUT2D eigenvalue weighted by Gasteiger charge is -2.57. The second-order valence-corrected chi connectivity index (χ2v) is 11.0. The lowest BCUT2D eigenvalue weighted by Crippen LogP contribution is -2.49. The summed E-state index contributed by atoms with van der Waals surface area (Å²) in [7, 11) is 0. The second kappa shape index (κ2) is 5.97. The Labute approximate surface area is 159 Å². The molecule has 2 fully saturated rings. The van der Waals surface area contributed by atoms with Crippen LogP contribution in [-0.2, 0) is 9.53 Å². The van der Waals surface area contributed by atoms with E-state index in [0.717, 1.165) is 30.6 Å². The molecule has 2 saturated carbocycles. The third-order valence-corrected chi connectivity index (χ3v) is 8.27. The summed E-state index contributed by atoms with van der Waals surface area (Å²) < 4.78 is 5.88. The minimum atomic E-state index is -0.407. The maximum atomic E-state index is 12.3. The zero-order chi connectivity index (χ0) is 18.7. The number of carbonyl (C=O) groups is 1. The van der Waals surface area contributed by atoms with Gasteiger partial charge < -0.3 is 4.74 Å². The molecule has 26 heavy (non-hydrogen) atoms. The summed E-state index contributed by atoms with van der Waals surface area (Å²) in [6, 6.07) is 0. The standard InChI is InChI=1S/C24H36O2/c1-22(2,3)21(25)26-17-10-14-24(5)16(15-17)8-9-18-19-7-6-12-23(19,4)13-11-20(18)24/h6,8,12,17-20H,7,9-11,13-15H2,1-5H3. The molecule has 0 aromatic carbocycles. The molecule has 4 rings (SSSR count). The molecule has 4 aliphatic carbocycles. The van der Waals surface area contributed by atoms with Gasteiger partial charge in [0.05, 0.1) is 5.41 Å². The summed E-state index contributed by atoms with van der Waals surface area (Å²) in [6.07, 6.45) is 16.0. The Morgan fingerprint density at radius 1 is 1.12 bits per heavy atom. The van der Waals surface area contributed by atoms with Crippen molar-refractivity contribution in [3.63, 3.8) is 0 Å². The molecule has 0 aromatic rings. The highest BCUT2D eigenvalue weighted by Crippen LogP contribution is 2.63. The predicted octanol–water partition coefficient (Wildman–Crippen LogP) is 6.07. The zero-order valence-electron chi connectivity index (χ0n) is 17.3. The molecule has 0 radical (unpaired) electrons. The van der Waals surface area contributed by atoms with Crippen molar-refractivity contribution < 1.29 is 9.53 Å². The van der Waals surface area contributed by atoms with E-state index in [4.69, 9.17) is 4.74 Å². The molecular weight excluding hydrogens is 320 g/mol. The number of carbonyl (C=O) groups excluding carboxylic acids is 1. The van der Waals surface area contributed by atoms with Crippen LogP contribution < -0.4 is 0 Å². The molecule has 0 amide bonds. The largest absolute Gasteiger partial charge is 0.462 e. The van der Waals surface area contributed by atoms with Crippen LogP contribution in [-0.4, -0.2) is 12.1 Å². The van der Waals surface area contributed by atoms with Crippen LogP contribution in [0.3, 0.4) is 0 Å². The summed E-state index contributed by atoms with van der Waals surface area (Å²) >= 11 is 0. The van der Waals surface area contributed by atoms with Crippen LogP contribution in [0.1, 0.15) is 79.6 Å². The highest BCUT2D eigenvalue weighted by molar-refractivity contribution is 5.75. The zero-order valence-corrected chi connectivity index (χ0v) is 17.3. The van der Waals surface area contributed by atoms with Crippen LogP contribution >= 0.6 is 0 Å². The summed E-state index contributed by atoms with van der Waals surface area (Å²) in [4.78, 5) is 12.3. The molecule has 2 nitrogen and oxygen atoms in total. The highest BCUT2D eigenvalue weighted by Gasteiger charge is 2.55. The minimum Gasteiger partial charge on any atom is -0.462 e. The van der Waals surface area contributed by atoms with E-state index in [2.05, 4.69) is 32.1 Å². The third-order valence-electron chi connectivity index (χ3n) is 8.27. The Bertz CT molecular complexity index is 652. The minimum absolute atomic E-state index is 0.0501. The Balaban J connectivity index is 1.52. The van der Waals surface area contributed by atoms with Crippen molar-refractivity contribution in [3.05, 3.63) is 23.8 Å². The Morgan fingerprint density at radius 3 is 2.62 bits per heavy atom. The first kappa shape index (κ1) is 18.3. The van der Waals surface area contributed by atoms with E-state index in [0.29, 0.717) is 10.8 Å². The Morgan fingerprint density at radius 2 is 1.88 bits per heavy atom. The van der Waals surface area contributed by atoms with Gasteiger partial charge in [-0.2, -0.15) is 0 Å². The monoisotopic (exact) mass is 356 g/mol. The second-order valence-electron chi connectivity index (χ2n) is 11.0. The van der Waals surface area contributed by atoms with Crippen LogP contribution in [0.4, 0.5) is 0 Å². The summed E-state index contributed by atoms with van der Waals surface area (Å²) in [5, 5.41) is 0. The van der Waals surface area contributed by atoms with Crippen molar-refractivity contribution in [3.8, 4) is 0 Å². The van der Waals surface area contributed by atoms with E-state index >= 15 is 0 Å². The molecular formula is C24H36O2. The van der Waals surface area contributed by atoms with Crippen LogP contribution in [0.2, 0.25) is 0 Å². The molecule has 2 heteroatoms. The number of hydrogen-bond acceptors (Lipinski definition) is 2. The molecule has 0 aromatic heterocycles. The van der Waals surface area contributed by atoms with Gasteiger partial charge in [-0.3, -0.25) is 4.79 Å². The fourth-order valence-corrected chi connectivity index (χ4v) is 6.54. The van der Waals surface area contributed by atoms with Crippen LogP contribution in [0.5, 0.6) is 0 Å². The normalized spacial score (nSPS) is 44.6. The van der Waals surface area contributed by atoms with Crippen LogP contribution in [0.15, 0.2) is 23.8 Å². The molecule has 0 heterocycles. The van der Waals surface area contributed by atoms with E-state index < -0.39 is 5.41 Å². The molecule has 0 spiro atoms. The molecule has 0 aliphatic heterocycles. The fourth-order valence-electron chi connectivity index (χ4n) is 6.54. The molecule has 0 N–H and O–H groups in total. The highest BCUT2D eigenvalue weighted by atomic mass is 16.5. The lowest BCUT2D eigenvalue weighted by molar-refractivity contribution is -0.160. The quantitative estimate of drug-likeness (QED) is 0.421. The van der Waals surface area contributed by atoms with E-state index in [9.17, 15) is 4.79 Å². The van der Waals surface area contributed by atoms with Gasteiger partial charge in [-0.1, -0.05) is 37.6 Å². The molecule has 0 saturated heterocycles. The third kappa shape index (κ3) is 2.79. The molecule has 0 bridgehead atoms. The molecule has 4 aliphatic rings. The summed E-state index contributed by atoms with van der Waals surface area (Å²) in [6.45, 7) is 10.8. The van der Waals surface area contributed by atoms with Crippen molar-refractivity contribution in [1.82, 2.24) is 0 Å². The number of allylic oxidation sites excluding steroid dienone is 3. The maximum Gasteiger partial charge on any atom is 0.311 e. The Hall–Kier alpha value is -1.05. The van der Waals surface area contributed by atoms with E-state index in [-0.39, 0.29) is 12.1 Å². The van der Waals surface area contributed by atoms with Gasteiger partial charge in [0.2, 0.25) is 0 Å². The van der Waals surface area contributed by atoms with Crippen molar-refractivity contribution in [2.75, 3.05) is 0 Å². The fraction of sp³-hybridized carbons (Fsp3) is 0.792. The smallest absolute Gasteiger partial charge is 0.311 e. The van der Waals surface area contributed by atoms with Gasteiger partial charge in [0.1, 0.15) is 6.10 Å². The van der Waals surface area contributed by atoms with Gasteiger partial charge >= 0.3 is 5.97 Å². The number of hydrogen-bond donors (Lipinski definition) is 0. The van der Waals surface area contributed by atoms with Crippen molar-refractivity contribution >= 4 is 5.97 Å². The topological polar surface area (TPSA) is 26.3 Å². The van der Waals surface area contributed by atoms with Crippen LogP contribution in [0.25, 0.3) is 0 Å². The number of ether oxygens (including phenoxy) is 1. The maximum absolute atomic E-state index is 12.3. The first-order valence-electron chi connectivity index (χ1n) is 10.7. The first-order chi connectivity index (χ1) is 12.1. The van der Waals surface area contributed by atoms with Gasteiger partial charge in [-0.15, -0.1) is 0 Å². The number of fused-ring (bicyclic) bond motifs is 5.